The molecule has 0 bridgehead atoms. The van der Waals surface area contributed by atoms with E-state index in [-0.39, 0.29) is 0 Å². The molecule has 0 atom stereocenters. The predicted molar refractivity (Wildman–Crippen MR) is 16.3 cm³/mol. The van der Waals surface area contributed by atoms with Gasteiger partial charge in [-0.15, -0.1) is 0 Å². The summed E-state index contributed by atoms with van der Waals surface area (Å²) in [5.41, 5.74) is 0. The summed E-state index contributed by atoms with van der Waals surface area (Å²) in [6.45, 7) is 0. The SMILES string of the molecule is FOC(OF)C(OF)OF. The molecule has 0 saturated heterocycles. The number of halogens is 4. The van der Waals surface area contributed by atoms with Gasteiger partial charge in [-0.25, -0.2) is 0 Å². The average Bonchev–Trinajstić information content (AvgIpc) is 2.00. The molecule has 0 rings (SSSR count). The molecule has 0 radical (unpaired) electrons. The minimum atomic E-state index is -2.55. The number of hydrogen-bond donors (Lipinski definition) is 0. The Morgan fingerprint density at radius 1 is 0.600 bits per heavy atom. The molecule has 0 saturated carbocycles. The molecule has 0 aromatic carbocycles. The molecule has 0 fully saturated rings. The van der Waals surface area contributed by atoms with Gasteiger partial charge in [-0.1, -0.05) is 0 Å². The average molecular weight is 166 g/mol. The highest BCUT2D eigenvalue weighted by atomic mass is 19.3. The lowest BCUT2D eigenvalue weighted by molar-refractivity contribution is -0.462. The van der Waals surface area contributed by atoms with Gasteiger partial charge in [0.2, 0.25) is 0 Å². The van der Waals surface area contributed by atoms with Gasteiger partial charge in [-0.05, 0) is 18.1 Å². The van der Waals surface area contributed by atoms with E-state index < -0.39 is 12.6 Å². The van der Waals surface area contributed by atoms with E-state index in [9.17, 15) is 18.1 Å². The molecule has 0 aliphatic carbocycles. The maximum atomic E-state index is 10.9. The first-order chi connectivity index (χ1) is 4.79. The summed E-state index contributed by atoms with van der Waals surface area (Å²) in [6.07, 6.45) is -5.09. The van der Waals surface area contributed by atoms with Gasteiger partial charge < -0.3 is 0 Å². The summed E-state index contributed by atoms with van der Waals surface area (Å²) >= 11 is 0. The Balaban J connectivity index is 3.70. The molecule has 0 aromatic heterocycles. The van der Waals surface area contributed by atoms with E-state index in [1.807, 2.05) is 0 Å². The molecule has 0 heterocycles. The van der Waals surface area contributed by atoms with Crippen LogP contribution in [0.1, 0.15) is 0 Å². The van der Waals surface area contributed by atoms with Crippen LogP contribution in [-0.2, 0) is 19.8 Å². The fourth-order valence-corrected chi connectivity index (χ4v) is 0.195. The Morgan fingerprint density at radius 3 is 0.900 bits per heavy atom. The Bertz CT molecular complexity index is 63.7. The van der Waals surface area contributed by atoms with Crippen molar-refractivity contribution in [1.29, 1.82) is 0 Å². The maximum Gasteiger partial charge on any atom is 0.291 e. The van der Waals surface area contributed by atoms with Gasteiger partial charge >= 0.3 is 0 Å². The zero-order valence-electron chi connectivity index (χ0n) is 4.30. The minimum Gasteiger partial charge on any atom is -0.153 e. The van der Waals surface area contributed by atoms with Gasteiger partial charge in [-0.3, -0.25) is 0 Å². The summed E-state index contributed by atoms with van der Waals surface area (Å²) < 4.78 is 43.7. The molecule has 10 heavy (non-hydrogen) atoms. The van der Waals surface area contributed by atoms with Crippen LogP contribution in [0.25, 0.3) is 0 Å². The standard InChI is InChI=1S/C2H2F4O4/c3-7-1(8-4)2(9-5)10-6/h1-2H. The van der Waals surface area contributed by atoms with Crippen LogP contribution in [0, 0.1) is 0 Å². The molecular weight excluding hydrogens is 164 g/mol. The topological polar surface area (TPSA) is 36.9 Å². The molecule has 62 valence electrons. The van der Waals surface area contributed by atoms with Crippen molar-refractivity contribution in [3.05, 3.63) is 0 Å². The van der Waals surface area contributed by atoms with Crippen LogP contribution in [0.5, 0.6) is 0 Å². The molecule has 0 aliphatic rings. The van der Waals surface area contributed by atoms with Gasteiger partial charge in [0.15, 0.2) is 0 Å². The van der Waals surface area contributed by atoms with Crippen LogP contribution < -0.4 is 0 Å². The summed E-state index contributed by atoms with van der Waals surface area (Å²) in [5.74, 6) is 0. The van der Waals surface area contributed by atoms with E-state index >= 15 is 0 Å². The summed E-state index contributed by atoms with van der Waals surface area (Å²) in [7, 11) is 0. The Labute approximate surface area is 51.8 Å². The second kappa shape index (κ2) is 5.35. The van der Waals surface area contributed by atoms with Crippen LogP contribution in [0.4, 0.5) is 18.1 Å². The summed E-state index contributed by atoms with van der Waals surface area (Å²) in [4.78, 5) is 10.1. The van der Waals surface area contributed by atoms with Gasteiger partial charge in [0, 0.05) is 0 Å². The molecule has 4 nitrogen and oxygen atoms in total. The quantitative estimate of drug-likeness (QED) is 0.454. The third kappa shape index (κ3) is 2.43. The van der Waals surface area contributed by atoms with Gasteiger partial charge in [-0.2, -0.15) is 19.8 Å². The molecule has 0 unspecified atom stereocenters. The van der Waals surface area contributed by atoms with Crippen molar-refractivity contribution in [2.45, 2.75) is 12.6 Å². The fraction of sp³-hybridized carbons (Fsp3) is 1.00. The molecule has 0 aromatic rings. The molecule has 0 N–H and O–H groups in total. The monoisotopic (exact) mass is 166 g/mol. The third-order valence-electron chi connectivity index (χ3n) is 0.573. The lowest BCUT2D eigenvalue weighted by Crippen LogP contribution is -2.29. The Kier molecular flexibility index (Phi) is 5.12. The van der Waals surface area contributed by atoms with Crippen LogP contribution in [0.2, 0.25) is 0 Å². The molecule has 0 aliphatic heterocycles. The van der Waals surface area contributed by atoms with E-state index in [0.29, 0.717) is 0 Å². The highest BCUT2D eigenvalue weighted by Crippen LogP contribution is 2.09. The smallest absolute Gasteiger partial charge is 0.153 e. The maximum absolute atomic E-state index is 10.9. The van der Waals surface area contributed by atoms with Crippen molar-refractivity contribution in [2.24, 2.45) is 0 Å². The second-order valence-corrected chi connectivity index (χ2v) is 1.09. The zero-order chi connectivity index (χ0) is 7.98. The van der Waals surface area contributed by atoms with Crippen LogP contribution in [0.3, 0.4) is 0 Å². The van der Waals surface area contributed by atoms with Gasteiger partial charge in [0.1, 0.15) is 0 Å². The largest absolute Gasteiger partial charge is 0.291 e. The summed E-state index contributed by atoms with van der Waals surface area (Å²) in [5, 5.41) is 0. The molecule has 8 heteroatoms. The van der Waals surface area contributed by atoms with Crippen molar-refractivity contribution in [2.75, 3.05) is 0 Å². The van der Waals surface area contributed by atoms with Crippen molar-refractivity contribution in [3.63, 3.8) is 0 Å². The van der Waals surface area contributed by atoms with Crippen molar-refractivity contribution in [1.82, 2.24) is 0 Å². The third-order valence-corrected chi connectivity index (χ3v) is 0.573. The lowest BCUT2D eigenvalue weighted by Gasteiger charge is -2.09. The van der Waals surface area contributed by atoms with Crippen molar-refractivity contribution < 1.29 is 37.9 Å². The van der Waals surface area contributed by atoms with E-state index in [4.69, 9.17) is 0 Å². The van der Waals surface area contributed by atoms with Gasteiger partial charge in [0.25, 0.3) is 12.6 Å². The van der Waals surface area contributed by atoms with Gasteiger partial charge in [0.05, 0.1) is 0 Å². The van der Waals surface area contributed by atoms with E-state index in [1.165, 1.54) is 0 Å². The molecule has 0 amide bonds. The van der Waals surface area contributed by atoms with E-state index in [2.05, 4.69) is 19.8 Å². The van der Waals surface area contributed by atoms with Crippen LogP contribution in [-0.4, -0.2) is 12.6 Å². The first-order valence-electron chi connectivity index (χ1n) is 1.89. The van der Waals surface area contributed by atoms with E-state index in [1.54, 1.807) is 0 Å². The van der Waals surface area contributed by atoms with E-state index in [0.717, 1.165) is 0 Å². The van der Waals surface area contributed by atoms with Crippen LogP contribution >= 0.6 is 0 Å². The highest BCUT2D eigenvalue weighted by molar-refractivity contribution is 4.40. The second-order valence-electron chi connectivity index (χ2n) is 1.09. The highest BCUT2D eigenvalue weighted by Gasteiger charge is 2.29. The number of hydrogen-bond acceptors (Lipinski definition) is 4. The zero-order valence-corrected chi connectivity index (χ0v) is 4.30. The van der Waals surface area contributed by atoms with Crippen molar-refractivity contribution in [3.8, 4) is 0 Å². The molecular formula is C2H2F4O4. The normalized spacial score (nSPS) is 11.4. The Hall–Kier alpha value is -0.440. The first kappa shape index (κ1) is 9.56. The minimum absolute atomic E-state index is 2.52. The first-order valence-corrected chi connectivity index (χ1v) is 1.89. The lowest BCUT2D eigenvalue weighted by atomic mass is 10.6. The summed E-state index contributed by atoms with van der Waals surface area (Å²) in [6, 6.07) is 0. The van der Waals surface area contributed by atoms with Crippen molar-refractivity contribution >= 4 is 0 Å². The number of rotatable bonds is 5. The fourth-order valence-electron chi connectivity index (χ4n) is 0.195. The predicted octanol–water partition coefficient (Wildman–Crippen LogP) is 1.24. The Morgan fingerprint density at radius 2 is 0.800 bits per heavy atom. The molecule has 0 spiro atoms. The van der Waals surface area contributed by atoms with Crippen LogP contribution in [0.15, 0.2) is 0 Å².